The summed E-state index contributed by atoms with van der Waals surface area (Å²) in [5.41, 5.74) is 4.97. The van der Waals surface area contributed by atoms with Crippen LogP contribution in [0.2, 0.25) is 0 Å². The molecule has 0 spiro atoms. The van der Waals surface area contributed by atoms with Crippen LogP contribution < -0.4 is 16.1 Å². The average molecular weight is 401 g/mol. The van der Waals surface area contributed by atoms with Gasteiger partial charge in [-0.15, -0.1) is 0 Å². The molecule has 0 aliphatic heterocycles. The molecule has 0 aliphatic carbocycles. The Labute approximate surface area is 173 Å². The second-order valence-corrected chi connectivity index (χ2v) is 6.30. The maximum atomic E-state index is 12.6. The van der Waals surface area contributed by atoms with Crippen LogP contribution in [0.5, 0.6) is 0 Å². The van der Waals surface area contributed by atoms with Crippen LogP contribution in [0.15, 0.2) is 78.2 Å². The molecule has 30 heavy (non-hydrogen) atoms. The van der Waals surface area contributed by atoms with Gasteiger partial charge in [0.05, 0.1) is 17.5 Å². The van der Waals surface area contributed by atoms with Gasteiger partial charge in [-0.2, -0.15) is 5.10 Å². The molecule has 3 N–H and O–H groups in total. The summed E-state index contributed by atoms with van der Waals surface area (Å²) < 4.78 is 0. The van der Waals surface area contributed by atoms with Gasteiger partial charge in [-0.05, 0) is 48.9 Å². The van der Waals surface area contributed by atoms with E-state index in [1.165, 1.54) is 12.3 Å². The molecule has 0 unspecified atom stereocenters. The Morgan fingerprint density at radius 1 is 0.867 bits per heavy atom. The summed E-state index contributed by atoms with van der Waals surface area (Å²) in [5.74, 6) is -2.32. The molecule has 1 aromatic heterocycles. The smallest absolute Gasteiger partial charge is 0.322 e. The van der Waals surface area contributed by atoms with Crippen molar-refractivity contribution in [1.82, 2.24) is 10.4 Å². The van der Waals surface area contributed by atoms with Gasteiger partial charge < -0.3 is 10.6 Å². The van der Waals surface area contributed by atoms with E-state index in [2.05, 4.69) is 26.1 Å². The van der Waals surface area contributed by atoms with Gasteiger partial charge in [0, 0.05) is 18.1 Å². The molecule has 0 bridgehead atoms. The molecule has 0 radical (unpaired) electrons. The number of nitrogens with one attached hydrogen (secondary N) is 3. The Hall–Kier alpha value is -4.33. The largest absolute Gasteiger partial charge is 0.329 e. The van der Waals surface area contributed by atoms with E-state index in [0.29, 0.717) is 11.3 Å². The zero-order valence-electron chi connectivity index (χ0n) is 16.1. The number of benzene rings is 2. The van der Waals surface area contributed by atoms with Crippen LogP contribution in [0.1, 0.15) is 21.5 Å². The van der Waals surface area contributed by atoms with Gasteiger partial charge in [0.1, 0.15) is 0 Å². The first kappa shape index (κ1) is 20.4. The molecule has 3 aromatic rings. The quantitative estimate of drug-likeness (QED) is 0.347. The SMILES string of the molecule is Cc1ccc(NC(=O)c2ccccc2NC(=O)C(=O)N/N=C\c2ccncc2)cc1. The molecule has 0 fully saturated rings. The predicted octanol–water partition coefficient (Wildman–Crippen LogP) is 2.73. The Morgan fingerprint density at radius 3 is 2.30 bits per heavy atom. The number of carbonyl (C=O) groups is 3. The fourth-order valence-electron chi connectivity index (χ4n) is 2.47. The maximum absolute atomic E-state index is 12.6. The van der Waals surface area contributed by atoms with E-state index in [1.807, 2.05) is 19.1 Å². The lowest BCUT2D eigenvalue weighted by Crippen LogP contribution is -2.33. The summed E-state index contributed by atoms with van der Waals surface area (Å²) in [7, 11) is 0. The summed E-state index contributed by atoms with van der Waals surface area (Å²) in [6.45, 7) is 1.95. The number of nitrogens with zero attached hydrogens (tertiary/aromatic N) is 2. The van der Waals surface area contributed by atoms with Crippen LogP contribution in [0.25, 0.3) is 0 Å². The molecule has 0 aliphatic rings. The summed E-state index contributed by atoms with van der Waals surface area (Å²) in [4.78, 5) is 40.7. The number of hydrogen-bond acceptors (Lipinski definition) is 5. The van der Waals surface area contributed by atoms with Crippen molar-refractivity contribution in [3.8, 4) is 0 Å². The molecule has 8 nitrogen and oxygen atoms in total. The minimum Gasteiger partial charge on any atom is -0.322 e. The summed E-state index contributed by atoms with van der Waals surface area (Å²) in [6.07, 6.45) is 4.54. The van der Waals surface area contributed by atoms with Gasteiger partial charge in [0.2, 0.25) is 0 Å². The number of pyridine rings is 1. The Bertz CT molecular complexity index is 1080. The Kier molecular flexibility index (Phi) is 6.63. The highest BCUT2D eigenvalue weighted by molar-refractivity contribution is 6.40. The molecular formula is C22H19N5O3. The first-order valence-corrected chi connectivity index (χ1v) is 9.04. The standard InChI is InChI=1S/C22H19N5O3/c1-15-6-8-17(9-7-15)25-20(28)18-4-2-3-5-19(18)26-21(29)22(30)27-24-14-16-10-12-23-13-11-16/h2-14H,1H3,(H,25,28)(H,26,29)(H,27,30)/b24-14-. The van der Waals surface area contributed by atoms with Crippen LogP contribution in [0.3, 0.4) is 0 Å². The van der Waals surface area contributed by atoms with E-state index in [4.69, 9.17) is 0 Å². The zero-order chi connectivity index (χ0) is 21.3. The van der Waals surface area contributed by atoms with Crippen LogP contribution in [0, 0.1) is 6.92 Å². The molecule has 2 aromatic carbocycles. The third-order valence-electron chi connectivity index (χ3n) is 4.02. The third-order valence-corrected chi connectivity index (χ3v) is 4.02. The molecule has 150 valence electrons. The van der Waals surface area contributed by atoms with Crippen molar-refractivity contribution >= 4 is 35.3 Å². The second-order valence-electron chi connectivity index (χ2n) is 6.30. The number of hydrogen-bond donors (Lipinski definition) is 3. The van der Waals surface area contributed by atoms with Crippen LogP contribution in [0.4, 0.5) is 11.4 Å². The fourth-order valence-corrected chi connectivity index (χ4v) is 2.47. The third kappa shape index (κ3) is 5.59. The van der Waals surface area contributed by atoms with Gasteiger partial charge in [-0.3, -0.25) is 19.4 Å². The van der Waals surface area contributed by atoms with E-state index >= 15 is 0 Å². The van der Waals surface area contributed by atoms with Gasteiger partial charge in [-0.1, -0.05) is 29.8 Å². The van der Waals surface area contributed by atoms with Crippen LogP contribution >= 0.6 is 0 Å². The van der Waals surface area contributed by atoms with Gasteiger partial charge in [0.25, 0.3) is 5.91 Å². The fraction of sp³-hybridized carbons (Fsp3) is 0.0455. The minimum absolute atomic E-state index is 0.209. The first-order chi connectivity index (χ1) is 14.5. The number of aryl methyl sites for hydroxylation is 1. The predicted molar refractivity (Wildman–Crippen MR) is 114 cm³/mol. The number of amides is 3. The van der Waals surface area contributed by atoms with E-state index in [0.717, 1.165) is 5.56 Å². The summed E-state index contributed by atoms with van der Waals surface area (Å²) in [5, 5.41) is 8.93. The van der Waals surface area contributed by atoms with Crippen LogP contribution in [-0.4, -0.2) is 28.9 Å². The van der Waals surface area contributed by atoms with Crippen molar-refractivity contribution in [3.05, 3.63) is 89.7 Å². The highest BCUT2D eigenvalue weighted by atomic mass is 16.2. The lowest BCUT2D eigenvalue weighted by Gasteiger charge is -2.11. The summed E-state index contributed by atoms with van der Waals surface area (Å²) in [6, 6.07) is 17.1. The highest BCUT2D eigenvalue weighted by Crippen LogP contribution is 2.18. The lowest BCUT2D eigenvalue weighted by molar-refractivity contribution is -0.136. The number of aromatic nitrogens is 1. The molecule has 0 saturated heterocycles. The van der Waals surface area contributed by atoms with E-state index < -0.39 is 17.7 Å². The first-order valence-electron chi connectivity index (χ1n) is 9.04. The second kappa shape index (κ2) is 9.74. The van der Waals surface area contributed by atoms with Gasteiger partial charge >= 0.3 is 11.8 Å². The summed E-state index contributed by atoms with van der Waals surface area (Å²) >= 11 is 0. The van der Waals surface area contributed by atoms with Crippen molar-refractivity contribution in [3.63, 3.8) is 0 Å². The lowest BCUT2D eigenvalue weighted by atomic mass is 10.1. The molecule has 1 heterocycles. The zero-order valence-corrected chi connectivity index (χ0v) is 16.1. The number of para-hydroxylation sites is 1. The molecule has 0 saturated carbocycles. The molecule has 8 heteroatoms. The molecule has 3 rings (SSSR count). The number of anilines is 2. The molecule has 0 atom stereocenters. The Morgan fingerprint density at radius 2 is 1.57 bits per heavy atom. The van der Waals surface area contributed by atoms with Crippen molar-refractivity contribution in [1.29, 1.82) is 0 Å². The van der Waals surface area contributed by atoms with Crippen molar-refractivity contribution in [2.24, 2.45) is 5.10 Å². The van der Waals surface area contributed by atoms with E-state index in [1.54, 1.807) is 54.9 Å². The van der Waals surface area contributed by atoms with Crippen LogP contribution in [-0.2, 0) is 9.59 Å². The number of hydrazone groups is 1. The number of rotatable bonds is 5. The monoisotopic (exact) mass is 401 g/mol. The average Bonchev–Trinajstić information content (AvgIpc) is 2.76. The van der Waals surface area contributed by atoms with E-state index in [-0.39, 0.29) is 11.3 Å². The molecular weight excluding hydrogens is 382 g/mol. The maximum Gasteiger partial charge on any atom is 0.329 e. The van der Waals surface area contributed by atoms with Gasteiger partial charge in [-0.25, -0.2) is 5.43 Å². The highest BCUT2D eigenvalue weighted by Gasteiger charge is 2.17. The van der Waals surface area contributed by atoms with E-state index in [9.17, 15) is 14.4 Å². The number of carbonyl (C=O) groups excluding carboxylic acids is 3. The minimum atomic E-state index is -0.964. The topological polar surface area (TPSA) is 113 Å². The van der Waals surface area contributed by atoms with Crippen molar-refractivity contribution < 1.29 is 14.4 Å². The van der Waals surface area contributed by atoms with Crippen molar-refractivity contribution in [2.45, 2.75) is 6.92 Å². The van der Waals surface area contributed by atoms with Gasteiger partial charge in [0.15, 0.2) is 0 Å². The van der Waals surface area contributed by atoms with Crippen molar-refractivity contribution in [2.75, 3.05) is 10.6 Å². The molecule has 3 amide bonds. The normalized spacial score (nSPS) is 10.4. The Balaban J connectivity index is 1.64.